The number of aromatic nitrogens is 3. The maximum absolute atomic E-state index is 12.7. The zero-order valence-corrected chi connectivity index (χ0v) is 16.9. The highest BCUT2D eigenvalue weighted by molar-refractivity contribution is 7.89. The maximum atomic E-state index is 12.7. The van der Waals surface area contributed by atoms with E-state index in [0.29, 0.717) is 32.6 Å². The summed E-state index contributed by atoms with van der Waals surface area (Å²) in [6, 6.07) is 19.2. The van der Waals surface area contributed by atoms with Crippen molar-refractivity contribution in [2.45, 2.75) is 6.42 Å². The average Bonchev–Trinajstić information content (AvgIpc) is 2.79. The summed E-state index contributed by atoms with van der Waals surface area (Å²) in [4.78, 5) is 6.35. The van der Waals surface area contributed by atoms with Crippen molar-refractivity contribution < 1.29 is 8.42 Å². The molecule has 0 bridgehead atoms. The first-order valence-electron chi connectivity index (χ1n) is 9.64. The fraction of sp³-hybridized carbons (Fsp3) is 0.286. The Morgan fingerprint density at radius 3 is 2.21 bits per heavy atom. The second-order valence-electron chi connectivity index (χ2n) is 6.93. The second kappa shape index (κ2) is 8.67. The first-order valence-corrected chi connectivity index (χ1v) is 11.2. The van der Waals surface area contributed by atoms with Gasteiger partial charge in [0.25, 0.3) is 0 Å². The van der Waals surface area contributed by atoms with Crippen LogP contribution in [-0.2, 0) is 16.4 Å². The molecule has 1 aliphatic heterocycles. The normalized spacial score (nSPS) is 15.4. The lowest BCUT2D eigenvalue weighted by Crippen LogP contribution is -2.49. The lowest BCUT2D eigenvalue weighted by atomic mass is 10.2. The maximum Gasteiger partial charge on any atom is 0.214 e. The molecule has 0 N–H and O–H groups in total. The predicted octanol–water partition coefficient (Wildman–Crippen LogP) is 2.23. The molecule has 150 valence electrons. The van der Waals surface area contributed by atoms with Gasteiger partial charge in [-0.15, -0.1) is 10.2 Å². The van der Waals surface area contributed by atoms with Crippen LogP contribution in [0.1, 0.15) is 5.56 Å². The molecular formula is C21H23N5O2S. The Balaban J connectivity index is 1.34. The third kappa shape index (κ3) is 4.78. The molecule has 29 heavy (non-hydrogen) atoms. The van der Waals surface area contributed by atoms with Crippen molar-refractivity contribution in [2.75, 3.05) is 36.8 Å². The quantitative estimate of drug-likeness (QED) is 0.621. The second-order valence-corrected chi connectivity index (χ2v) is 9.02. The Bertz CT molecular complexity index is 1020. The van der Waals surface area contributed by atoms with Gasteiger partial charge < -0.3 is 4.90 Å². The minimum absolute atomic E-state index is 0.135. The smallest absolute Gasteiger partial charge is 0.214 e. The molecule has 1 aliphatic rings. The summed E-state index contributed by atoms with van der Waals surface area (Å²) in [7, 11) is -3.27. The van der Waals surface area contributed by atoms with Crippen molar-refractivity contribution in [1.82, 2.24) is 19.5 Å². The molecular weight excluding hydrogens is 386 g/mol. The van der Waals surface area contributed by atoms with Gasteiger partial charge in [0, 0.05) is 32.4 Å². The van der Waals surface area contributed by atoms with Crippen molar-refractivity contribution in [3.8, 4) is 11.4 Å². The number of pyridine rings is 1. The summed E-state index contributed by atoms with van der Waals surface area (Å²) >= 11 is 0. The Labute approximate surface area is 171 Å². The molecule has 1 saturated heterocycles. The zero-order valence-electron chi connectivity index (χ0n) is 16.1. The first kappa shape index (κ1) is 19.5. The van der Waals surface area contributed by atoms with Crippen LogP contribution >= 0.6 is 0 Å². The van der Waals surface area contributed by atoms with Crippen molar-refractivity contribution in [1.29, 1.82) is 0 Å². The molecule has 8 heteroatoms. The van der Waals surface area contributed by atoms with Crippen molar-refractivity contribution >= 4 is 15.8 Å². The number of hydrogen-bond donors (Lipinski definition) is 0. The molecule has 0 saturated carbocycles. The van der Waals surface area contributed by atoms with Crippen LogP contribution in [0.2, 0.25) is 0 Å². The fourth-order valence-corrected chi connectivity index (χ4v) is 4.83. The number of rotatable bonds is 6. The molecule has 3 heterocycles. The van der Waals surface area contributed by atoms with Gasteiger partial charge in [-0.25, -0.2) is 8.42 Å². The highest BCUT2D eigenvalue weighted by Gasteiger charge is 2.27. The number of sulfonamides is 1. The molecule has 4 rings (SSSR count). The van der Waals surface area contributed by atoms with Gasteiger partial charge in [0.1, 0.15) is 5.69 Å². The van der Waals surface area contributed by atoms with E-state index in [-0.39, 0.29) is 5.75 Å². The topological polar surface area (TPSA) is 79.3 Å². The van der Waals surface area contributed by atoms with Gasteiger partial charge in [-0.3, -0.25) is 4.98 Å². The lowest BCUT2D eigenvalue weighted by molar-refractivity contribution is 0.383. The molecule has 1 aromatic carbocycles. The predicted molar refractivity (Wildman–Crippen MR) is 113 cm³/mol. The number of piperazine rings is 1. The zero-order chi connectivity index (χ0) is 20.1. The molecule has 3 aromatic rings. The third-order valence-electron chi connectivity index (χ3n) is 5.03. The van der Waals surface area contributed by atoms with E-state index in [1.165, 1.54) is 0 Å². The van der Waals surface area contributed by atoms with Crippen molar-refractivity contribution in [3.05, 3.63) is 72.4 Å². The van der Waals surface area contributed by atoms with Crippen molar-refractivity contribution in [3.63, 3.8) is 0 Å². The minimum atomic E-state index is -3.27. The fourth-order valence-electron chi connectivity index (χ4n) is 3.36. The molecule has 0 aliphatic carbocycles. The summed E-state index contributed by atoms with van der Waals surface area (Å²) in [5, 5.41) is 8.58. The number of aryl methyl sites for hydroxylation is 1. The number of anilines is 1. The van der Waals surface area contributed by atoms with E-state index in [0.717, 1.165) is 22.8 Å². The van der Waals surface area contributed by atoms with Crippen LogP contribution < -0.4 is 4.90 Å². The van der Waals surface area contributed by atoms with Gasteiger partial charge in [0.15, 0.2) is 5.82 Å². The Morgan fingerprint density at radius 1 is 0.793 bits per heavy atom. The summed E-state index contributed by atoms with van der Waals surface area (Å²) in [5.74, 6) is 0.890. The van der Waals surface area contributed by atoms with Crippen molar-refractivity contribution in [2.24, 2.45) is 0 Å². The SMILES string of the molecule is O=S(=O)(CCc1ccccc1)N1CCN(c2ccc(-c3ccccn3)nn2)CC1. The van der Waals surface area contributed by atoms with E-state index in [4.69, 9.17) is 0 Å². The first-order chi connectivity index (χ1) is 14.1. The summed E-state index contributed by atoms with van der Waals surface area (Å²) in [6.45, 7) is 2.12. The highest BCUT2D eigenvalue weighted by atomic mass is 32.2. The lowest BCUT2D eigenvalue weighted by Gasteiger charge is -2.34. The van der Waals surface area contributed by atoms with E-state index in [9.17, 15) is 8.42 Å². The Kier molecular flexibility index (Phi) is 5.82. The van der Waals surface area contributed by atoms with E-state index < -0.39 is 10.0 Å². The third-order valence-corrected chi connectivity index (χ3v) is 6.90. The van der Waals surface area contributed by atoms with E-state index in [1.54, 1.807) is 10.5 Å². The van der Waals surface area contributed by atoms with Gasteiger partial charge in [-0.05, 0) is 36.2 Å². The number of benzene rings is 1. The summed E-state index contributed by atoms with van der Waals surface area (Å²) in [5.41, 5.74) is 2.54. The minimum Gasteiger partial charge on any atom is -0.352 e. The van der Waals surface area contributed by atoms with Crippen LogP contribution in [0.5, 0.6) is 0 Å². The van der Waals surface area contributed by atoms with Crippen LogP contribution in [0.15, 0.2) is 66.9 Å². The van der Waals surface area contributed by atoms with Gasteiger partial charge in [-0.2, -0.15) is 4.31 Å². The largest absolute Gasteiger partial charge is 0.352 e. The molecule has 0 amide bonds. The van der Waals surface area contributed by atoms with Gasteiger partial charge in [0.2, 0.25) is 10.0 Å². The molecule has 0 radical (unpaired) electrons. The molecule has 1 fully saturated rings. The molecule has 0 atom stereocenters. The van der Waals surface area contributed by atoms with Crippen LogP contribution in [0.3, 0.4) is 0 Å². The standard InChI is InChI=1S/C21H23N5O2S/c27-29(28,17-11-18-6-2-1-3-7-18)26-15-13-25(14-16-26)21-10-9-20(23-24-21)19-8-4-5-12-22-19/h1-10,12H,11,13-17H2. The van der Waals surface area contributed by atoms with Crippen LogP contribution in [0.4, 0.5) is 5.82 Å². The van der Waals surface area contributed by atoms with Crippen LogP contribution in [-0.4, -0.2) is 59.8 Å². The summed E-state index contributed by atoms with van der Waals surface area (Å²) < 4.78 is 26.9. The van der Waals surface area contributed by atoms with Gasteiger partial charge in [0.05, 0.1) is 11.4 Å². The van der Waals surface area contributed by atoms with Gasteiger partial charge in [-0.1, -0.05) is 36.4 Å². The monoisotopic (exact) mass is 409 g/mol. The molecule has 7 nitrogen and oxygen atoms in total. The van der Waals surface area contributed by atoms with E-state index in [2.05, 4.69) is 20.1 Å². The molecule has 2 aromatic heterocycles. The molecule has 0 spiro atoms. The van der Waals surface area contributed by atoms with Crippen LogP contribution in [0, 0.1) is 0 Å². The Hall–Kier alpha value is -2.84. The average molecular weight is 410 g/mol. The Morgan fingerprint density at radius 2 is 1.55 bits per heavy atom. The van der Waals surface area contributed by atoms with E-state index >= 15 is 0 Å². The summed E-state index contributed by atoms with van der Waals surface area (Å²) in [6.07, 6.45) is 2.26. The van der Waals surface area contributed by atoms with E-state index in [1.807, 2.05) is 60.7 Å². The van der Waals surface area contributed by atoms with Gasteiger partial charge >= 0.3 is 0 Å². The molecule has 0 unspecified atom stereocenters. The van der Waals surface area contributed by atoms with Crippen LogP contribution in [0.25, 0.3) is 11.4 Å². The highest BCUT2D eigenvalue weighted by Crippen LogP contribution is 2.18. The number of hydrogen-bond acceptors (Lipinski definition) is 6. The number of nitrogens with zero attached hydrogens (tertiary/aromatic N) is 5.